The Morgan fingerprint density at radius 1 is 0.970 bits per heavy atom. The molecule has 1 N–H and O–H groups in total. The molecule has 2 rings (SSSR count). The number of methoxy groups -OCH3 is 1. The van der Waals surface area contributed by atoms with Gasteiger partial charge in [0.2, 0.25) is 34.8 Å². The Kier molecular flexibility index (Phi) is 8.45. The molecule has 0 saturated carbocycles. The van der Waals surface area contributed by atoms with Gasteiger partial charge in [0, 0.05) is 7.11 Å². The van der Waals surface area contributed by atoms with Gasteiger partial charge in [-0.15, -0.1) is 0 Å². The monoisotopic (exact) mass is 497 g/mol. The van der Waals surface area contributed by atoms with Crippen molar-refractivity contribution in [2.45, 2.75) is 32.4 Å². The van der Waals surface area contributed by atoms with E-state index in [0.717, 1.165) is 6.92 Å². The Labute approximate surface area is 186 Å². The second-order valence-electron chi connectivity index (χ2n) is 7.31. The van der Waals surface area contributed by atoms with Gasteiger partial charge in [0.1, 0.15) is 18.4 Å². The van der Waals surface area contributed by atoms with Crippen molar-refractivity contribution >= 4 is 13.7 Å². The van der Waals surface area contributed by atoms with Crippen LogP contribution in [-0.4, -0.2) is 31.3 Å². The average molecular weight is 497 g/mol. The molecular weight excluding hydrogens is 476 g/mol. The largest absolute Gasteiger partial charge is 0.513 e. The zero-order chi connectivity index (χ0) is 25.0. The van der Waals surface area contributed by atoms with Crippen LogP contribution in [0.1, 0.15) is 20.8 Å². The van der Waals surface area contributed by atoms with Crippen LogP contribution in [0.3, 0.4) is 0 Å². The summed E-state index contributed by atoms with van der Waals surface area (Å²) >= 11 is 0. The number of halogens is 5. The third-order valence-corrected chi connectivity index (χ3v) is 5.75. The lowest BCUT2D eigenvalue weighted by Gasteiger charge is -2.25. The van der Waals surface area contributed by atoms with E-state index >= 15 is 0 Å². The summed E-state index contributed by atoms with van der Waals surface area (Å²) in [5.74, 6) is -14.8. The fraction of sp³-hybridized carbons (Fsp3) is 0.350. The van der Waals surface area contributed by atoms with Crippen LogP contribution in [0.15, 0.2) is 30.3 Å². The Balaban J connectivity index is 2.36. The van der Waals surface area contributed by atoms with Crippen molar-refractivity contribution in [1.29, 1.82) is 0 Å². The molecule has 182 valence electrons. The minimum atomic E-state index is -4.97. The van der Waals surface area contributed by atoms with Crippen LogP contribution in [0.2, 0.25) is 0 Å². The lowest BCUT2D eigenvalue weighted by Crippen LogP contribution is -2.39. The molecule has 33 heavy (non-hydrogen) atoms. The number of rotatable bonds is 10. The Morgan fingerprint density at radius 3 is 2.00 bits per heavy atom. The van der Waals surface area contributed by atoms with Crippen molar-refractivity contribution in [3.05, 3.63) is 59.4 Å². The number of ether oxygens (including phenoxy) is 2. The van der Waals surface area contributed by atoms with Gasteiger partial charge >= 0.3 is 13.7 Å². The van der Waals surface area contributed by atoms with E-state index in [9.17, 15) is 31.3 Å². The number of hydrogen-bond donors (Lipinski definition) is 1. The molecule has 0 aromatic heterocycles. The topological polar surface area (TPSA) is 83.1 Å². The van der Waals surface area contributed by atoms with Crippen molar-refractivity contribution in [3.63, 3.8) is 0 Å². The van der Waals surface area contributed by atoms with Crippen LogP contribution in [0.5, 0.6) is 11.5 Å². The molecule has 0 radical (unpaired) electrons. The van der Waals surface area contributed by atoms with Crippen LogP contribution in [0.25, 0.3) is 0 Å². The summed E-state index contributed by atoms with van der Waals surface area (Å²) in [6.45, 7) is 4.18. The van der Waals surface area contributed by atoms with E-state index in [2.05, 4.69) is 9.61 Å². The first kappa shape index (κ1) is 26.6. The average Bonchev–Trinajstić information content (AvgIpc) is 2.78. The number of nitrogens with one attached hydrogen (secondary N) is 1. The molecule has 7 nitrogen and oxygen atoms in total. The van der Waals surface area contributed by atoms with Crippen LogP contribution < -0.4 is 14.1 Å². The lowest BCUT2D eigenvalue weighted by atomic mass is 10.1. The van der Waals surface area contributed by atoms with Gasteiger partial charge in [-0.2, -0.15) is 13.9 Å². The summed E-state index contributed by atoms with van der Waals surface area (Å²) in [5.41, 5.74) is -0.856. The molecule has 2 aromatic carbocycles. The van der Waals surface area contributed by atoms with Gasteiger partial charge in [-0.05, 0) is 32.9 Å². The first-order valence-electron chi connectivity index (χ1n) is 9.35. The van der Waals surface area contributed by atoms with Gasteiger partial charge in [-0.3, -0.25) is 4.79 Å². The van der Waals surface area contributed by atoms with Gasteiger partial charge in [0.25, 0.3) is 0 Å². The number of hydrogen-bond acceptors (Lipinski definition) is 6. The fourth-order valence-electron chi connectivity index (χ4n) is 2.20. The maximum absolute atomic E-state index is 14.1. The zero-order valence-corrected chi connectivity index (χ0v) is 18.9. The van der Waals surface area contributed by atoms with Gasteiger partial charge in [-0.1, -0.05) is 18.2 Å². The third-order valence-electron chi connectivity index (χ3n) is 4.17. The standard InChI is InChI=1S/C20H21F5NO6P/c1-11(19(27)30-10-20(2,3)29-4)26-33(28,31-12-8-6-5-7-9-12)32-18-16(24)14(22)13(21)15(23)17(18)25/h5-9,11H,10H2,1-4H3,(H,26,28)/t11-,33?/m0/s1. The van der Waals surface area contributed by atoms with Crippen molar-refractivity contribution in [3.8, 4) is 11.5 Å². The van der Waals surface area contributed by atoms with Crippen molar-refractivity contribution < 1.29 is 49.8 Å². The molecule has 0 aliphatic carbocycles. The van der Waals surface area contributed by atoms with Crippen LogP contribution in [0, 0.1) is 29.1 Å². The van der Waals surface area contributed by atoms with Crippen LogP contribution in [-0.2, 0) is 18.8 Å². The molecule has 13 heteroatoms. The highest BCUT2D eigenvalue weighted by atomic mass is 31.2. The van der Waals surface area contributed by atoms with Gasteiger partial charge < -0.3 is 18.5 Å². The highest BCUT2D eigenvalue weighted by Crippen LogP contribution is 2.47. The molecule has 0 saturated heterocycles. The molecule has 0 fully saturated rings. The van der Waals surface area contributed by atoms with Crippen molar-refractivity contribution in [1.82, 2.24) is 5.09 Å². The van der Waals surface area contributed by atoms with E-state index in [1.807, 2.05) is 0 Å². The van der Waals surface area contributed by atoms with E-state index in [1.54, 1.807) is 19.9 Å². The molecule has 0 aliphatic rings. The van der Waals surface area contributed by atoms with E-state index in [1.165, 1.54) is 31.4 Å². The molecule has 0 spiro atoms. The van der Waals surface area contributed by atoms with Crippen LogP contribution in [0.4, 0.5) is 22.0 Å². The van der Waals surface area contributed by atoms with Crippen molar-refractivity contribution in [2.75, 3.05) is 13.7 Å². The Bertz CT molecular complexity index is 1020. The minimum absolute atomic E-state index is 0.154. The summed E-state index contributed by atoms with van der Waals surface area (Å²) in [5, 5.41) is 2.08. The maximum atomic E-state index is 14.1. The SMILES string of the molecule is COC(C)(C)COC(=O)[C@H](C)NP(=O)(Oc1ccccc1)Oc1c(F)c(F)c(F)c(F)c1F. The fourth-order valence-corrected chi connectivity index (χ4v) is 3.72. The van der Waals surface area contributed by atoms with E-state index < -0.39 is 60.2 Å². The number of esters is 1. The van der Waals surface area contributed by atoms with Gasteiger partial charge in [0.15, 0.2) is 0 Å². The third kappa shape index (κ3) is 6.66. The van der Waals surface area contributed by atoms with E-state index in [-0.39, 0.29) is 12.4 Å². The molecule has 2 aromatic rings. The number of carbonyl (C=O) groups is 1. The zero-order valence-electron chi connectivity index (χ0n) is 18.0. The summed E-state index contributed by atoms with van der Waals surface area (Å²) in [6, 6.07) is 5.55. The highest BCUT2D eigenvalue weighted by Gasteiger charge is 2.38. The summed E-state index contributed by atoms with van der Waals surface area (Å²) in [4.78, 5) is 12.3. The highest BCUT2D eigenvalue weighted by molar-refractivity contribution is 7.52. The van der Waals surface area contributed by atoms with Gasteiger partial charge in [-0.25, -0.2) is 17.7 Å². The second-order valence-corrected chi connectivity index (χ2v) is 8.93. The van der Waals surface area contributed by atoms with Crippen molar-refractivity contribution in [2.24, 2.45) is 0 Å². The predicted octanol–water partition coefficient (Wildman–Crippen LogP) is 4.89. The number of carbonyl (C=O) groups excluding carboxylic acids is 1. The summed E-state index contributed by atoms with van der Waals surface area (Å²) < 4.78 is 102. The predicted molar refractivity (Wildman–Crippen MR) is 106 cm³/mol. The van der Waals surface area contributed by atoms with Crippen LogP contribution >= 0.6 is 7.75 Å². The lowest BCUT2D eigenvalue weighted by molar-refractivity contribution is -0.153. The molecule has 2 atom stereocenters. The minimum Gasteiger partial charge on any atom is -0.461 e. The molecule has 0 bridgehead atoms. The molecular formula is C20H21F5NO6P. The number of benzene rings is 2. The Hall–Kier alpha value is -2.69. The molecule has 0 amide bonds. The van der Waals surface area contributed by atoms with E-state index in [4.69, 9.17) is 14.0 Å². The first-order chi connectivity index (χ1) is 15.3. The first-order valence-corrected chi connectivity index (χ1v) is 10.9. The quantitative estimate of drug-likeness (QED) is 0.165. The Morgan fingerprint density at radius 2 is 1.48 bits per heavy atom. The smallest absolute Gasteiger partial charge is 0.461 e. The summed E-state index contributed by atoms with van der Waals surface area (Å²) in [6.07, 6.45) is 0. The summed E-state index contributed by atoms with van der Waals surface area (Å²) in [7, 11) is -3.59. The molecule has 1 unspecified atom stereocenters. The van der Waals surface area contributed by atoms with E-state index in [0.29, 0.717) is 0 Å². The normalized spacial score (nSPS) is 14.3. The molecule has 0 heterocycles. The maximum Gasteiger partial charge on any atom is 0.513 e. The second kappa shape index (κ2) is 10.5. The number of para-hydroxylation sites is 1. The molecule has 0 aliphatic heterocycles. The van der Waals surface area contributed by atoms with Gasteiger partial charge in [0.05, 0.1) is 5.60 Å².